The number of Topliss-reactive ketones (excluding diaryl/α,β-unsaturated/α-hetero) is 6. The minimum absolute atomic E-state index is 0.00548. The molecule has 122 heavy (non-hydrogen) atoms. The Hall–Kier alpha value is -9.73. The van der Waals surface area contributed by atoms with Crippen LogP contribution in [0.3, 0.4) is 0 Å². The lowest BCUT2D eigenvalue weighted by molar-refractivity contribution is -0.135. The molecule has 0 fully saturated rings. The van der Waals surface area contributed by atoms with Crippen molar-refractivity contribution in [3.8, 4) is 0 Å². The van der Waals surface area contributed by atoms with Crippen LogP contribution in [0.4, 0.5) is 0 Å². The van der Waals surface area contributed by atoms with Crippen LogP contribution in [0.2, 0.25) is 0 Å². The zero-order chi connectivity index (χ0) is 91.1. The third-order valence-electron chi connectivity index (χ3n) is 22.6. The molecule has 0 aromatic heterocycles. The SMILES string of the molecule is COC1=C(OC)C(=O)C(C/C=C(\C)CC/C=C(\C)CCC=C(C)C)=C(C)C1=O.COC1=C(OCc2ccccc2)C(=O)C(C)C(C/C=C(\C)CC/C=C(\C)CCC=C(C)C)C1O.COC1=C(OCc2ccccc2)C(=O)C(C/C=C(\C)CC/C=C(\C)CCC=C(C)C)C(C)C1=O.COC1=CC(=O)C(C/C=C(\C)CC/C=C(\C)CCC=C(C)C)C(C)C1=O. The van der Waals surface area contributed by atoms with Gasteiger partial charge in [-0.25, -0.2) is 0 Å². The van der Waals surface area contributed by atoms with E-state index in [0.717, 1.165) is 114 Å². The van der Waals surface area contributed by atoms with Crippen LogP contribution in [0.25, 0.3) is 0 Å². The summed E-state index contributed by atoms with van der Waals surface area (Å²) in [5.74, 6) is -2.44. The molecular formula is C107H150O15. The molecule has 4 aliphatic rings. The highest BCUT2D eigenvalue weighted by molar-refractivity contribution is 6.23. The van der Waals surface area contributed by atoms with Gasteiger partial charge >= 0.3 is 0 Å². The lowest BCUT2D eigenvalue weighted by Crippen LogP contribution is -2.40. The van der Waals surface area contributed by atoms with E-state index < -0.39 is 17.9 Å². The number of hydrogen-bond acceptors (Lipinski definition) is 15. The molecule has 7 unspecified atom stereocenters. The first-order chi connectivity index (χ1) is 58.0. The van der Waals surface area contributed by atoms with E-state index >= 15 is 0 Å². The monoisotopic (exact) mass is 1680 g/mol. The standard InChI is InChI=1S/C30H42O4.C30H40O4.C24H34O4.C23H34O3/c1-21(2)12-10-13-22(3)14-11-15-23(4)18-19-26-24(5)27(31)30(29(33-6)28(26)32)34-20-25-16-8-7-9-17-25;1-21(2)12-10-13-22(3)14-11-15-23(4)18-19-26-24(5)27(31)29(33-6)30(28(26)32)34-20-25-16-8-7-9-17-25;1-16(2)10-8-11-17(3)12-9-13-18(4)14-15-20-19(5)21(25)23(27-6)24(28-7)22(20)26;1-16(2)9-7-10-17(3)11-8-12-18(4)13-14-20-19(5)23(25)22(26-6)15-21(20)24/h7-9,12,14,16-18,24,26,28,32H,10-11,13,15,19-20H2,1-6H3;7-9,12,14,16-18,24,26H,10-11,13,15,19-20H2,1-6H3;10,12,14H,8-9,11,13,15H2,1-7H3;9,11,13,15,19-20H,7-8,10,12,14H2,1-6H3/b2*22-14+,23-18+;17-12+,18-14+;17-11+,18-13+. The first kappa shape index (κ1) is 106. The van der Waals surface area contributed by atoms with Gasteiger partial charge in [0.1, 0.15) is 19.3 Å². The number of aliphatic hydroxyl groups excluding tert-OH is 1. The van der Waals surface area contributed by atoms with Gasteiger partial charge in [-0.1, -0.05) is 221 Å². The summed E-state index contributed by atoms with van der Waals surface area (Å²) < 4.78 is 37.6. The molecule has 0 saturated heterocycles. The molecule has 2 aromatic rings. The Kier molecular flexibility index (Phi) is 50.3. The molecule has 4 aliphatic carbocycles. The lowest BCUT2D eigenvalue weighted by Gasteiger charge is -2.34. The molecule has 668 valence electrons. The fourth-order valence-electron chi connectivity index (χ4n) is 14.4. The number of rotatable bonds is 43. The number of carbonyl (C=O) groups excluding carboxylic acids is 7. The van der Waals surface area contributed by atoms with Crippen LogP contribution < -0.4 is 0 Å². The van der Waals surface area contributed by atoms with Gasteiger partial charge in [-0.2, -0.15) is 0 Å². The third-order valence-corrected chi connectivity index (χ3v) is 22.6. The topological polar surface area (TPSA) is 204 Å². The number of carbonyl (C=O) groups is 7. The predicted molar refractivity (Wildman–Crippen MR) is 499 cm³/mol. The zero-order valence-corrected chi connectivity index (χ0v) is 79.0. The Morgan fingerprint density at radius 1 is 0.344 bits per heavy atom. The molecule has 7 atom stereocenters. The molecule has 0 aliphatic heterocycles. The average Bonchev–Trinajstić information content (AvgIpc) is 0.794. The van der Waals surface area contributed by atoms with E-state index in [1.54, 1.807) is 13.8 Å². The van der Waals surface area contributed by atoms with Crippen molar-refractivity contribution in [3.63, 3.8) is 0 Å². The van der Waals surface area contributed by atoms with Crippen molar-refractivity contribution in [1.29, 1.82) is 0 Å². The Morgan fingerprint density at radius 2 is 0.680 bits per heavy atom. The lowest BCUT2D eigenvalue weighted by atomic mass is 9.77. The second-order valence-corrected chi connectivity index (χ2v) is 34.1. The van der Waals surface area contributed by atoms with E-state index in [-0.39, 0.29) is 118 Å². The Morgan fingerprint density at radius 3 is 1.06 bits per heavy atom. The minimum atomic E-state index is -0.871. The van der Waals surface area contributed by atoms with Gasteiger partial charge in [0, 0.05) is 52.7 Å². The van der Waals surface area contributed by atoms with E-state index in [4.69, 9.17) is 33.2 Å². The molecule has 0 saturated carbocycles. The Bertz CT molecular complexity index is 4360. The van der Waals surface area contributed by atoms with Crippen molar-refractivity contribution in [3.05, 3.63) is 269 Å². The molecule has 0 heterocycles. The van der Waals surface area contributed by atoms with Gasteiger partial charge in [-0.15, -0.1) is 0 Å². The number of hydrogen-bond donors (Lipinski definition) is 1. The van der Waals surface area contributed by atoms with Crippen LogP contribution in [-0.2, 0) is 79.9 Å². The number of aliphatic hydroxyl groups is 1. The van der Waals surface area contributed by atoms with E-state index in [0.29, 0.717) is 36.8 Å². The van der Waals surface area contributed by atoms with Gasteiger partial charge in [0.05, 0.1) is 35.5 Å². The molecule has 0 spiro atoms. The van der Waals surface area contributed by atoms with Gasteiger partial charge in [0.15, 0.2) is 17.3 Å². The van der Waals surface area contributed by atoms with Gasteiger partial charge in [0.2, 0.25) is 63.5 Å². The van der Waals surface area contributed by atoms with E-state index in [9.17, 15) is 38.7 Å². The van der Waals surface area contributed by atoms with Gasteiger partial charge in [0.25, 0.3) is 0 Å². The predicted octanol–water partition coefficient (Wildman–Crippen LogP) is 25.8. The maximum absolute atomic E-state index is 13.3. The average molecular weight is 1680 g/mol. The van der Waals surface area contributed by atoms with Crippen molar-refractivity contribution in [2.45, 2.75) is 286 Å². The summed E-state index contributed by atoms with van der Waals surface area (Å²) >= 11 is 0. The van der Waals surface area contributed by atoms with Crippen LogP contribution >= 0.6 is 0 Å². The molecule has 1 N–H and O–H groups in total. The van der Waals surface area contributed by atoms with Gasteiger partial charge in [-0.05, 0) is 257 Å². The largest absolute Gasteiger partial charge is 0.494 e. The van der Waals surface area contributed by atoms with Crippen molar-refractivity contribution >= 4 is 40.5 Å². The van der Waals surface area contributed by atoms with Crippen LogP contribution in [0, 0.1) is 35.5 Å². The summed E-state index contributed by atoms with van der Waals surface area (Å²) in [6.45, 7) is 41.8. The van der Waals surface area contributed by atoms with Crippen molar-refractivity contribution in [2.75, 3.05) is 35.5 Å². The minimum Gasteiger partial charge on any atom is -0.494 e. The Labute approximate surface area is 734 Å². The number of methoxy groups -OCH3 is 5. The van der Waals surface area contributed by atoms with Crippen LogP contribution in [0.15, 0.2) is 258 Å². The van der Waals surface area contributed by atoms with E-state index in [1.165, 1.54) is 109 Å². The number of allylic oxidation sites excluding steroid dienone is 31. The van der Waals surface area contributed by atoms with Gasteiger partial charge in [-0.3, -0.25) is 33.6 Å². The van der Waals surface area contributed by atoms with Crippen molar-refractivity contribution < 1.29 is 71.8 Å². The van der Waals surface area contributed by atoms with Gasteiger partial charge < -0.3 is 38.3 Å². The highest BCUT2D eigenvalue weighted by atomic mass is 16.5. The summed E-state index contributed by atoms with van der Waals surface area (Å²) in [5, 5.41) is 11.0. The second kappa shape index (κ2) is 57.6. The maximum Gasteiger partial charge on any atom is 0.228 e. The molecule has 0 bridgehead atoms. The van der Waals surface area contributed by atoms with Crippen LogP contribution in [-0.4, -0.2) is 87.2 Å². The summed E-state index contributed by atoms with van der Waals surface area (Å²) in [5.41, 5.74) is 18.9. The van der Waals surface area contributed by atoms with E-state index in [1.807, 2.05) is 80.6 Å². The highest BCUT2D eigenvalue weighted by Gasteiger charge is 2.44. The summed E-state index contributed by atoms with van der Waals surface area (Å²) in [4.78, 5) is 88.7. The smallest absolute Gasteiger partial charge is 0.228 e. The zero-order valence-electron chi connectivity index (χ0n) is 79.0. The number of benzene rings is 2. The summed E-state index contributed by atoms with van der Waals surface area (Å²) in [7, 11) is 7.09. The molecule has 15 heteroatoms. The fourth-order valence-corrected chi connectivity index (χ4v) is 14.4. The third kappa shape index (κ3) is 37.9. The quantitative estimate of drug-likeness (QED) is 0.0484. The first-order valence-electron chi connectivity index (χ1n) is 43.9. The number of ether oxygens (including phenoxy) is 7. The molecular weight excluding hydrogens is 1530 g/mol. The Balaban J connectivity index is 0.000000423. The fraction of sp³-hybridized carbons (Fsp3) is 0.505. The summed E-state index contributed by atoms with van der Waals surface area (Å²) in [6.07, 6.45) is 46.0. The summed E-state index contributed by atoms with van der Waals surface area (Å²) in [6, 6.07) is 19.3. The van der Waals surface area contributed by atoms with Crippen LogP contribution in [0.1, 0.15) is 278 Å². The molecule has 2 aromatic carbocycles. The molecule has 0 amide bonds. The van der Waals surface area contributed by atoms with E-state index in [2.05, 4.69) is 178 Å². The van der Waals surface area contributed by atoms with Crippen LogP contribution in [0.5, 0.6) is 0 Å². The second-order valence-electron chi connectivity index (χ2n) is 34.1. The molecule has 15 nitrogen and oxygen atoms in total. The molecule has 6 rings (SSSR count). The highest BCUT2D eigenvalue weighted by Crippen LogP contribution is 2.38. The molecule has 0 radical (unpaired) electrons. The maximum atomic E-state index is 13.3. The van der Waals surface area contributed by atoms with Crippen molar-refractivity contribution in [1.82, 2.24) is 0 Å². The normalized spacial score (nSPS) is 19.6. The number of ketones is 7. The van der Waals surface area contributed by atoms with Crippen molar-refractivity contribution in [2.24, 2.45) is 35.5 Å². The first-order valence-corrected chi connectivity index (χ1v) is 43.9.